The van der Waals surface area contributed by atoms with Crippen molar-refractivity contribution in [2.75, 3.05) is 9.80 Å². The fraction of sp³-hybridized carbons (Fsp3) is 0.182. The Morgan fingerprint density at radius 1 is 0.355 bits per heavy atom. The Morgan fingerprint density at radius 3 is 0.908 bits per heavy atom. The van der Waals surface area contributed by atoms with E-state index in [1.54, 1.807) is 27.7 Å². The molecule has 2 aromatic heterocycles. The molecule has 0 aliphatic carbocycles. The van der Waals surface area contributed by atoms with Crippen LogP contribution in [-0.2, 0) is 12.3 Å². The van der Waals surface area contributed by atoms with Crippen LogP contribution in [0.1, 0.15) is 83.9 Å². The van der Waals surface area contributed by atoms with Crippen LogP contribution in [0.4, 0.5) is 51.7 Å². The number of aromatic nitrogens is 2. The lowest BCUT2D eigenvalue weighted by atomic mass is 9.94. The van der Waals surface area contributed by atoms with Crippen LogP contribution >= 0.6 is 0 Å². The minimum Gasteiger partial charge on any atom is -0.311 e. The van der Waals surface area contributed by atoms with Gasteiger partial charge in [0.2, 0.25) is 11.4 Å². The van der Waals surface area contributed by atoms with Crippen molar-refractivity contribution < 1.29 is 26.7 Å². The maximum atomic E-state index is 16.4. The van der Waals surface area contributed by atoms with Gasteiger partial charge in [0.25, 0.3) is 0 Å². The van der Waals surface area contributed by atoms with Gasteiger partial charge in [0.05, 0.1) is 22.5 Å². The third kappa shape index (κ3) is 7.43. The molecule has 0 bridgehead atoms. The molecule has 378 valence electrons. The number of fused-ring (bicyclic) bond motifs is 4. The van der Waals surface area contributed by atoms with Crippen LogP contribution in [0.3, 0.4) is 0 Å². The van der Waals surface area contributed by atoms with E-state index < -0.39 is 12.3 Å². The molecule has 76 heavy (non-hydrogen) atoms. The Labute approximate surface area is 441 Å². The van der Waals surface area contributed by atoms with Crippen molar-refractivity contribution in [2.24, 2.45) is 0 Å². The monoisotopic (exact) mass is 1010 g/mol. The zero-order chi connectivity index (χ0) is 53.3. The lowest BCUT2D eigenvalue weighted by molar-refractivity contribution is -0.676. The second kappa shape index (κ2) is 17.6. The molecule has 0 saturated heterocycles. The molecule has 4 aliphatic rings. The number of hydrogen-bond donors (Lipinski definition) is 0. The van der Waals surface area contributed by atoms with E-state index in [2.05, 4.69) is 169 Å². The Kier molecular flexibility index (Phi) is 11.2. The highest BCUT2D eigenvalue weighted by Crippen LogP contribution is 2.50. The largest absolute Gasteiger partial charge is 0.565 e. The number of hydrogen-bond acceptors (Lipinski definition) is 2. The first-order valence-corrected chi connectivity index (χ1v) is 25.8. The Morgan fingerprint density at radius 2 is 0.618 bits per heavy atom. The predicted molar refractivity (Wildman–Crippen MR) is 300 cm³/mol. The molecule has 0 spiro atoms. The maximum Gasteiger partial charge on any atom is 0.565 e. The van der Waals surface area contributed by atoms with Gasteiger partial charge >= 0.3 is 12.3 Å². The van der Waals surface area contributed by atoms with Crippen molar-refractivity contribution in [1.29, 1.82) is 0 Å². The Balaban J connectivity index is 0.871. The van der Waals surface area contributed by atoms with E-state index >= 15 is 17.6 Å². The number of alkyl halides is 4. The quantitative estimate of drug-likeness (QED) is 0.0817. The average Bonchev–Trinajstić information content (AvgIpc) is 4.12. The second-order valence-electron chi connectivity index (χ2n) is 20.9. The van der Waals surface area contributed by atoms with Gasteiger partial charge in [-0.2, -0.15) is 0 Å². The van der Waals surface area contributed by atoms with Crippen LogP contribution in [0.15, 0.2) is 192 Å². The molecule has 0 saturated carbocycles. The van der Waals surface area contributed by atoms with E-state index in [0.717, 1.165) is 101 Å². The summed E-state index contributed by atoms with van der Waals surface area (Å²) in [5.41, 5.74) is 20.9. The molecule has 8 aromatic rings. The Hall–Kier alpha value is -8.50. The van der Waals surface area contributed by atoms with Crippen LogP contribution < -0.4 is 9.80 Å². The molecule has 0 amide bonds. The van der Waals surface area contributed by atoms with Crippen molar-refractivity contribution in [3.8, 4) is 11.1 Å². The molecule has 6 aromatic carbocycles. The molecular formula is C66H58F4N6+2. The predicted octanol–water partition coefficient (Wildman–Crippen LogP) is 17.2. The molecule has 0 N–H and O–H groups in total. The van der Waals surface area contributed by atoms with Crippen molar-refractivity contribution in [2.45, 2.75) is 81.6 Å². The first-order chi connectivity index (χ1) is 36.3. The molecule has 10 heteroatoms. The normalized spacial score (nSPS) is 16.2. The molecule has 0 fully saturated rings. The Bertz CT molecular complexity index is 3650. The number of anilines is 6. The number of benzene rings is 6. The van der Waals surface area contributed by atoms with E-state index in [1.807, 2.05) is 52.0 Å². The fourth-order valence-corrected chi connectivity index (χ4v) is 12.2. The van der Waals surface area contributed by atoms with Gasteiger partial charge < -0.3 is 9.80 Å². The number of halogens is 4. The summed E-state index contributed by atoms with van der Waals surface area (Å²) in [6.45, 7) is 18.8. The summed E-state index contributed by atoms with van der Waals surface area (Å²) >= 11 is 0. The topological polar surface area (TPSA) is 22.4 Å². The van der Waals surface area contributed by atoms with E-state index in [0.29, 0.717) is 45.6 Å². The summed E-state index contributed by atoms with van der Waals surface area (Å²) in [6.07, 6.45) is -2.80. The standard InChI is InChI=1S/C66H58F4N6/c1-39-11-23-53(24-12-39)71(57-31-19-51(20-32-57)59-61-41(3)35-45(7)73(61)65(67,68)74-46(8)36-42(4)62(59)74)55-27-15-49(16-28-55)50-17-29-56(30-18-50)72(54-25-13-40(2)14-26-54)58-33-21-52(22-34-58)60-63-43(5)37-47(9)75(63)66(69,70)76-48(10)38-44(6)64(60)76/h11-38H,1-10H3/q+2. The molecule has 6 heterocycles. The zero-order valence-electron chi connectivity index (χ0n) is 44.4. The third-order valence-electron chi connectivity index (χ3n) is 15.5. The number of aryl methyl sites for hydroxylation is 6. The van der Waals surface area contributed by atoms with Crippen LogP contribution in [0.2, 0.25) is 0 Å². The molecule has 4 aliphatic heterocycles. The maximum absolute atomic E-state index is 16.4. The highest BCUT2D eigenvalue weighted by atomic mass is 19.3. The molecule has 6 nitrogen and oxygen atoms in total. The van der Waals surface area contributed by atoms with Gasteiger partial charge in [-0.1, -0.05) is 83.9 Å². The van der Waals surface area contributed by atoms with E-state index in [4.69, 9.17) is 0 Å². The summed E-state index contributed by atoms with van der Waals surface area (Å²) in [5, 5.41) is 0. The molecule has 0 unspecified atom stereocenters. The minimum absolute atomic E-state index is 0.512. The molecular weight excluding hydrogens is 953 g/mol. The third-order valence-corrected chi connectivity index (χ3v) is 15.5. The number of rotatable bonds is 9. The van der Waals surface area contributed by atoms with Gasteiger partial charge in [0.1, 0.15) is 0 Å². The van der Waals surface area contributed by atoms with E-state index in [-0.39, 0.29) is 0 Å². The van der Waals surface area contributed by atoms with Crippen LogP contribution in [0.25, 0.3) is 22.3 Å². The van der Waals surface area contributed by atoms with Gasteiger partial charge in [-0.15, -0.1) is 26.7 Å². The summed E-state index contributed by atoms with van der Waals surface area (Å²) in [7, 11) is 0. The van der Waals surface area contributed by atoms with E-state index in [9.17, 15) is 0 Å². The minimum atomic E-state index is -3.25. The SMILES string of the molecule is CC1=CC(C)=[N+]2C1=C(c1ccc(N(c3ccc(C)cc3)c3ccc(-c4ccc(N(c5ccc(C)cc5)c5ccc(C6=C7C(C)=CC(C)=[N+]7C(F)(F)n7c(C)cc(C)c76)cc5)cc4)cc3)cc1)c1c(C)cc(C)n1C2(F)F. The fourth-order valence-electron chi connectivity index (χ4n) is 12.2. The van der Waals surface area contributed by atoms with Crippen molar-refractivity contribution in [3.05, 3.63) is 249 Å². The van der Waals surface area contributed by atoms with Gasteiger partial charge in [0.15, 0.2) is 11.4 Å². The lowest BCUT2D eigenvalue weighted by Gasteiger charge is -2.28. The van der Waals surface area contributed by atoms with Crippen molar-refractivity contribution >= 4 is 56.7 Å². The van der Waals surface area contributed by atoms with Crippen molar-refractivity contribution in [3.63, 3.8) is 0 Å². The number of nitrogens with zero attached hydrogens (tertiary/aromatic N) is 6. The summed E-state index contributed by atoms with van der Waals surface area (Å²) in [5.74, 6) is 0. The molecule has 0 atom stereocenters. The van der Waals surface area contributed by atoms with Crippen LogP contribution in [0.5, 0.6) is 0 Å². The van der Waals surface area contributed by atoms with Gasteiger partial charge in [-0.3, -0.25) is 0 Å². The van der Waals surface area contributed by atoms with Crippen LogP contribution in [-0.4, -0.2) is 29.7 Å². The first kappa shape index (κ1) is 48.4. The zero-order valence-corrected chi connectivity index (χ0v) is 44.4. The van der Waals surface area contributed by atoms with Crippen molar-refractivity contribution in [1.82, 2.24) is 9.13 Å². The number of allylic oxidation sites excluding steroid dienone is 4. The smallest absolute Gasteiger partial charge is 0.311 e. The summed E-state index contributed by atoms with van der Waals surface area (Å²) in [6, 6.07) is 54.3. The van der Waals surface area contributed by atoms with Crippen LogP contribution in [0, 0.1) is 41.5 Å². The second-order valence-corrected chi connectivity index (χ2v) is 20.9. The van der Waals surface area contributed by atoms with Gasteiger partial charge in [0, 0.05) is 82.7 Å². The molecule has 0 radical (unpaired) electrons. The van der Waals surface area contributed by atoms with Gasteiger partial charge in [-0.05, 0) is 174 Å². The lowest BCUT2D eigenvalue weighted by Crippen LogP contribution is -2.42. The average molecular weight is 1010 g/mol. The highest BCUT2D eigenvalue weighted by Gasteiger charge is 2.59. The molecule has 12 rings (SSSR count). The summed E-state index contributed by atoms with van der Waals surface area (Å²) < 4.78 is 70.2. The van der Waals surface area contributed by atoms with Gasteiger partial charge in [-0.25, -0.2) is 9.13 Å². The highest BCUT2D eigenvalue weighted by molar-refractivity contribution is 5.98. The summed E-state index contributed by atoms with van der Waals surface area (Å²) in [4.78, 5) is 4.44. The first-order valence-electron chi connectivity index (χ1n) is 25.8. The van der Waals surface area contributed by atoms with E-state index in [1.165, 1.54) is 18.3 Å².